The number of aryl methyl sites for hydroxylation is 4. The molecule has 0 atom stereocenters. The third-order valence-corrected chi connectivity index (χ3v) is 15.8. The van der Waals surface area contributed by atoms with Crippen LogP contribution in [0.5, 0.6) is 0 Å². The van der Waals surface area contributed by atoms with Crippen molar-refractivity contribution in [1.82, 2.24) is 24.1 Å². The first-order valence-corrected chi connectivity index (χ1v) is 27.1. The molecule has 0 aliphatic carbocycles. The van der Waals surface area contributed by atoms with Crippen LogP contribution in [0, 0.1) is 39.0 Å². The van der Waals surface area contributed by atoms with Crippen LogP contribution < -0.4 is 0 Å². The minimum absolute atomic E-state index is 0.536. The van der Waals surface area contributed by atoms with E-state index in [-0.39, 0.29) is 0 Å². The molecule has 378 valence electrons. The lowest BCUT2D eigenvalue weighted by molar-refractivity contribution is 1.07. The Bertz CT molecular complexity index is 4770. The monoisotopic (exact) mass is 1020 g/mol. The molecule has 0 fully saturated rings. The zero-order chi connectivity index (χ0) is 54.0. The number of benzene rings is 11. The summed E-state index contributed by atoms with van der Waals surface area (Å²) in [7, 11) is 0. The normalized spacial score (nSPS) is 11.5. The Morgan fingerprint density at radius 2 is 0.787 bits per heavy atom. The summed E-state index contributed by atoms with van der Waals surface area (Å²) in [5.41, 5.74) is 22.8. The lowest BCUT2D eigenvalue weighted by Crippen LogP contribution is -2.04. The second-order valence-corrected chi connectivity index (χ2v) is 21.0. The third kappa shape index (κ3) is 8.23. The molecule has 0 unspecified atom stereocenters. The molecule has 0 amide bonds. The van der Waals surface area contributed by atoms with E-state index in [0.717, 1.165) is 83.2 Å². The van der Waals surface area contributed by atoms with E-state index in [9.17, 15) is 5.26 Å². The zero-order valence-corrected chi connectivity index (χ0v) is 44.8. The fourth-order valence-corrected chi connectivity index (χ4v) is 12.1. The summed E-state index contributed by atoms with van der Waals surface area (Å²) >= 11 is 0. The van der Waals surface area contributed by atoms with Crippen LogP contribution in [0.3, 0.4) is 0 Å². The van der Waals surface area contributed by atoms with Crippen molar-refractivity contribution in [3.8, 4) is 96.1 Å². The van der Waals surface area contributed by atoms with Crippen LogP contribution in [0.2, 0.25) is 0 Å². The van der Waals surface area contributed by atoms with E-state index in [1.165, 1.54) is 55.3 Å². The standard InChI is InChI=1S/C74H52N6/c1-46-27-33-57(48(3)39-46)52-29-36-69-64(41-52)60-23-13-15-25-67(60)79(69)56-32-35-62(74-77-72(50-17-7-5-8-18-50)76-73(78-74)51-19-9-6-10-20-51)63(44-56)66-43-54(59-22-12-11-21-55(59)45-75)31-38-71(66)80-68-26-16-14-24-61(68)65-42-53(30-37-70(65)80)58-34-28-47(2)40-49(58)4/h5-44H,1-4H3. The highest BCUT2D eigenvalue weighted by atomic mass is 15.0. The maximum Gasteiger partial charge on any atom is 0.164 e. The summed E-state index contributed by atoms with van der Waals surface area (Å²) in [6.45, 7) is 8.69. The van der Waals surface area contributed by atoms with Crippen molar-refractivity contribution in [2.75, 3.05) is 0 Å². The molecule has 3 heterocycles. The summed E-state index contributed by atoms with van der Waals surface area (Å²) in [5.74, 6) is 1.68. The molecule has 6 heteroatoms. The van der Waals surface area contributed by atoms with Crippen LogP contribution in [-0.4, -0.2) is 24.1 Å². The minimum Gasteiger partial charge on any atom is -0.309 e. The van der Waals surface area contributed by atoms with Crippen LogP contribution in [0.15, 0.2) is 243 Å². The van der Waals surface area contributed by atoms with Crippen LogP contribution in [0.1, 0.15) is 27.8 Å². The van der Waals surface area contributed by atoms with Crippen molar-refractivity contribution in [2.24, 2.45) is 0 Å². The van der Waals surface area contributed by atoms with Crippen LogP contribution in [0.25, 0.3) is 134 Å². The molecule has 0 saturated heterocycles. The zero-order valence-electron chi connectivity index (χ0n) is 44.8. The Balaban J connectivity index is 1.09. The largest absolute Gasteiger partial charge is 0.309 e. The van der Waals surface area contributed by atoms with Gasteiger partial charge in [0.05, 0.1) is 39.4 Å². The van der Waals surface area contributed by atoms with Crippen LogP contribution in [0.4, 0.5) is 0 Å². The Hall–Kier alpha value is -10.5. The number of hydrogen-bond donors (Lipinski definition) is 0. The van der Waals surface area contributed by atoms with Gasteiger partial charge in [0.15, 0.2) is 17.5 Å². The predicted molar refractivity (Wildman–Crippen MR) is 330 cm³/mol. The van der Waals surface area contributed by atoms with Gasteiger partial charge in [0.2, 0.25) is 0 Å². The molecular formula is C74H52N6. The maximum atomic E-state index is 10.6. The molecule has 0 saturated carbocycles. The van der Waals surface area contributed by atoms with Gasteiger partial charge in [0.1, 0.15) is 0 Å². The SMILES string of the molecule is Cc1ccc(-c2ccc3c(c2)c2ccccc2n3-c2ccc(-c3nc(-c4ccccc4)nc(-c4ccccc4)n3)c(-c3cc(-c4ccccc4C#N)ccc3-n3c4ccccc4c4cc(-c5ccc(C)cc5C)ccc43)c2)c(C)c1. The van der Waals surface area contributed by atoms with Crippen molar-refractivity contribution >= 4 is 43.6 Å². The first kappa shape index (κ1) is 47.9. The van der Waals surface area contributed by atoms with Crippen molar-refractivity contribution in [3.05, 3.63) is 270 Å². The molecule has 0 radical (unpaired) electrons. The number of para-hydroxylation sites is 2. The number of fused-ring (bicyclic) bond motifs is 6. The van der Waals surface area contributed by atoms with Crippen molar-refractivity contribution in [1.29, 1.82) is 5.26 Å². The van der Waals surface area contributed by atoms with E-state index in [1.54, 1.807) is 0 Å². The van der Waals surface area contributed by atoms with Crippen LogP contribution in [-0.2, 0) is 0 Å². The van der Waals surface area contributed by atoms with E-state index < -0.39 is 0 Å². The van der Waals surface area contributed by atoms with Gasteiger partial charge in [-0.1, -0.05) is 181 Å². The topological polar surface area (TPSA) is 72.3 Å². The maximum absolute atomic E-state index is 10.6. The molecule has 0 N–H and O–H groups in total. The van der Waals surface area contributed by atoms with E-state index in [1.807, 2.05) is 84.9 Å². The highest BCUT2D eigenvalue weighted by Gasteiger charge is 2.24. The molecule has 0 aliphatic rings. The van der Waals surface area contributed by atoms with E-state index in [0.29, 0.717) is 23.0 Å². The highest BCUT2D eigenvalue weighted by molar-refractivity contribution is 6.12. The lowest BCUT2D eigenvalue weighted by atomic mass is 9.91. The van der Waals surface area contributed by atoms with Gasteiger partial charge in [-0.2, -0.15) is 5.26 Å². The first-order valence-electron chi connectivity index (χ1n) is 27.1. The average molecular weight is 1030 g/mol. The minimum atomic E-state index is 0.536. The number of aromatic nitrogens is 5. The summed E-state index contributed by atoms with van der Waals surface area (Å²) in [6, 6.07) is 88.6. The lowest BCUT2D eigenvalue weighted by Gasteiger charge is -2.20. The molecule has 80 heavy (non-hydrogen) atoms. The number of nitrogens with zero attached hydrogens (tertiary/aromatic N) is 6. The summed E-state index contributed by atoms with van der Waals surface area (Å²) in [4.78, 5) is 15.9. The smallest absolute Gasteiger partial charge is 0.164 e. The average Bonchev–Trinajstić information content (AvgIpc) is 4.04. The molecule has 14 aromatic rings. The summed E-state index contributed by atoms with van der Waals surface area (Å²) in [6.07, 6.45) is 0. The third-order valence-electron chi connectivity index (χ3n) is 15.8. The Morgan fingerprint density at radius 1 is 0.312 bits per heavy atom. The first-order chi connectivity index (χ1) is 39.3. The molecule has 0 spiro atoms. The molecule has 11 aromatic carbocycles. The number of rotatable bonds is 9. The molecule has 14 rings (SSSR count). The summed E-state index contributed by atoms with van der Waals surface area (Å²) < 4.78 is 4.81. The molecule has 3 aromatic heterocycles. The molecular weight excluding hydrogens is 973 g/mol. The van der Waals surface area contributed by atoms with Crippen molar-refractivity contribution in [2.45, 2.75) is 27.7 Å². The van der Waals surface area contributed by atoms with Gasteiger partial charge >= 0.3 is 0 Å². The van der Waals surface area contributed by atoms with Gasteiger partial charge in [0.25, 0.3) is 0 Å². The predicted octanol–water partition coefficient (Wildman–Crippen LogP) is 18.8. The van der Waals surface area contributed by atoms with Gasteiger partial charge in [0, 0.05) is 49.5 Å². The highest BCUT2D eigenvalue weighted by Crippen LogP contribution is 2.45. The second-order valence-electron chi connectivity index (χ2n) is 21.0. The summed E-state index contributed by atoms with van der Waals surface area (Å²) in [5, 5.41) is 15.3. The molecule has 0 aliphatic heterocycles. The van der Waals surface area contributed by atoms with E-state index in [4.69, 9.17) is 15.0 Å². The van der Waals surface area contributed by atoms with Gasteiger partial charge in [-0.15, -0.1) is 0 Å². The van der Waals surface area contributed by atoms with Gasteiger partial charge < -0.3 is 9.13 Å². The quantitative estimate of drug-likeness (QED) is 0.144. The molecule has 0 bridgehead atoms. The van der Waals surface area contributed by atoms with E-state index in [2.05, 4.69) is 201 Å². The fourth-order valence-electron chi connectivity index (χ4n) is 12.1. The number of nitriles is 1. The second kappa shape index (κ2) is 19.5. The number of hydrogen-bond acceptors (Lipinski definition) is 4. The Labute approximate surface area is 464 Å². The fraction of sp³-hybridized carbons (Fsp3) is 0.0541. The van der Waals surface area contributed by atoms with Crippen molar-refractivity contribution < 1.29 is 0 Å². The van der Waals surface area contributed by atoms with Crippen molar-refractivity contribution in [3.63, 3.8) is 0 Å². The van der Waals surface area contributed by atoms with Crippen LogP contribution >= 0.6 is 0 Å². The van der Waals surface area contributed by atoms with E-state index >= 15 is 0 Å². The Morgan fingerprint density at radius 3 is 1.38 bits per heavy atom. The van der Waals surface area contributed by atoms with Gasteiger partial charge in [-0.05, 0) is 151 Å². The molecule has 6 nitrogen and oxygen atoms in total. The van der Waals surface area contributed by atoms with Gasteiger partial charge in [-0.25, -0.2) is 15.0 Å². The Kier molecular flexibility index (Phi) is 11.7. The van der Waals surface area contributed by atoms with Gasteiger partial charge in [-0.3, -0.25) is 0 Å².